The zero-order chi connectivity index (χ0) is 22.0. The van der Waals surface area contributed by atoms with E-state index in [9.17, 15) is 0 Å². The zero-order valence-electron chi connectivity index (χ0n) is 18.5. The van der Waals surface area contributed by atoms with E-state index in [1.54, 1.807) is 13.2 Å². The lowest BCUT2D eigenvalue weighted by Gasteiger charge is -2.15. The Morgan fingerprint density at radius 3 is 2.87 bits per heavy atom. The van der Waals surface area contributed by atoms with Crippen LogP contribution in [0.5, 0.6) is 5.88 Å². The van der Waals surface area contributed by atoms with Crippen LogP contribution in [-0.4, -0.2) is 36.7 Å². The molecule has 31 heavy (non-hydrogen) atoms. The monoisotopic (exact) mass is 423 g/mol. The molecule has 0 aliphatic heterocycles. The lowest BCUT2D eigenvalue weighted by atomic mass is 10.1. The minimum Gasteiger partial charge on any atom is -0.477 e. The fourth-order valence-corrected chi connectivity index (χ4v) is 3.42. The molecule has 1 unspecified atom stereocenters. The van der Waals surface area contributed by atoms with Crippen molar-refractivity contribution in [1.82, 2.24) is 30.1 Å². The van der Waals surface area contributed by atoms with Crippen molar-refractivity contribution < 1.29 is 14.1 Å². The summed E-state index contributed by atoms with van der Waals surface area (Å²) in [5.74, 6) is 1.04. The molecule has 1 atom stereocenters. The summed E-state index contributed by atoms with van der Waals surface area (Å²) in [7, 11) is 1.69. The molecule has 0 bridgehead atoms. The predicted octanol–water partition coefficient (Wildman–Crippen LogP) is 2.99. The summed E-state index contributed by atoms with van der Waals surface area (Å²) < 4.78 is 13.2. The van der Waals surface area contributed by atoms with Crippen LogP contribution < -0.4 is 14.9 Å². The first kappa shape index (κ1) is 20.7. The Morgan fingerprint density at radius 1 is 1.32 bits per heavy atom. The van der Waals surface area contributed by atoms with Crippen molar-refractivity contribution in [3.05, 3.63) is 36.0 Å². The predicted molar refractivity (Wildman–Crippen MR) is 114 cm³/mol. The van der Waals surface area contributed by atoms with Gasteiger partial charge in [-0.15, -0.1) is 0 Å². The third kappa shape index (κ3) is 4.05. The maximum Gasteiger partial charge on any atom is 0.402 e. The smallest absolute Gasteiger partial charge is 0.402 e. The highest BCUT2D eigenvalue weighted by molar-refractivity contribution is 5.93. The molecule has 0 saturated heterocycles. The summed E-state index contributed by atoms with van der Waals surface area (Å²) in [4.78, 5) is 10.6. The number of nitrogens with one attached hydrogen (secondary N) is 1. The van der Waals surface area contributed by atoms with Gasteiger partial charge in [-0.05, 0) is 45.4 Å². The maximum absolute atomic E-state index is 5.74. The van der Waals surface area contributed by atoms with Gasteiger partial charge in [0.25, 0.3) is 0 Å². The van der Waals surface area contributed by atoms with Gasteiger partial charge in [-0.25, -0.2) is 14.5 Å². The number of aromatic nitrogens is 7. The third-order valence-electron chi connectivity index (χ3n) is 5.11. The summed E-state index contributed by atoms with van der Waals surface area (Å²) >= 11 is 0. The van der Waals surface area contributed by atoms with Crippen molar-refractivity contribution in [1.29, 1.82) is 0 Å². The minimum atomic E-state index is 0.225. The van der Waals surface area contributed by atoms with Gasteiger partial charge in [0.1, 0.15) is 29.7 Å². The second-order valence-electron chi connectivity index (χ2n) is 7.32. The van der Waals surface area contributed by atoms with Gasteiger partial charge in [0.2, 0.25) is 5.88 Å². The molecule has 4 rings (SSSR count). The van der Waals surface area contributed by atoms with Gasteiger partial charge < -0.3 is 10.1 Å². The molecule has 10 heteroatoms. The standard InChI is InChI=1S/C21H27N8O2/c1-6-13(3)29-20-17(23-12-18-25-27-28(5)31-18)11-16(24-19(20)14(4)26-29)15-9-8-10-22-21(15)30-7-2/h8-11,13H,6-7,12H2,1-5H3,(H,23,24)/q+1. The average Bonchev–Trinajstić information content (AvgIpc) is 3.35. The van der Waals surface area contributed by atoms with E-state index in [1.807, 2.05) is 36.7 Å². The lowest BCUT2D eigenvalue weighted by Crippen LogP contribution is -2.28. The second-order valence-corrected chi connectivity index (χ2v) is 7.32. The summed E-state index contributed by atoms with van der Waals surface area (Å²) in [6.07, 6.45) is 2.67. The van der Waals surface area contributed by atoms with E-state index in [4.69, 9.17) is 19.3 Å². The highest BCUT2D eigenvalue weighted by atomic mass is 16.5. The molecule has 4 aromatic heterocycles. The van der Waals surface area contributed by atoms with Gasteiger partial charge in [-0.3, -0.25) is 4.68 Å². The molecule has 0 aliphatic carbocycles. The van der Waals surface area contributed by atoms with Gasteiger partial charge in [0.15, 0.2) is 5.21 Å². The first-order valence-corrected chi connectivity index (χ1v) is 10.4. The molecular formula is C21H27N8O2+. The fourth-order valence-electron chi connectivity index (χ4n) is 3.42. The highest BCUT2D eigenvalue weighted by Crippen LogP contribution is 2.35. The van der Waals surface area contributed by atoms with E-state index in [1.165, 1.54) is 4.85 Å². The van der Waals surface area contributed by atoms with Crippen molar-refractivity contribution in [2.45, 2.75) is 46.7 Å². The van der Waals surface area contributed by atoms with E-state index in [-0.39, 0.29) is 6.04 Å². The van der Waals surface area contributed by atoms with Gasteiger partial charge in [0, 0.05) is 17.1 Å². The Labute approximate surface area is 180 Å². The number of rotatable bonds is 8. The van der Waals surface area contributed by atoms with E-state index in [0.717, 1.165) is 40.1 Å². The van der Waals surface area contributed by atoms with Crippen molar-refractivity contribution in [3.63, 3.8) is 0 Å². The third-order valence-corrected chi connectivity index (χ3v) is 5.11. The number of pyridine rings is 2. The van der Waals surface area contributed by atoms with Crippen LogP contribution in [0.3, 0.4) is 0 Å². The Bertz CT molecular complexity index is 1200. The first-order chi connectivity index (χ1) is 15.0. The van der Waals surface area contributed by atoms with Crippen LogP contribution in [0.25, 0.3) is 22.3 Å². The van der Waals surface area contributed by atoms with Crippen LogP contribution >= 0.6 is 0 Å². The summed E-state index contributed by atoms with van der Waals surface area (Å²) in [6, 6.07) is 6.06. The van der Waals surface area contributed by atoms with E-state index in [2.05, 4.69) is 34.5 Å². The maximum atomic E-state index is 5.74. The number of ether oxygens (including phenoxy) is 1. The van der Waals surface area contributed by atoms with Crippen molar-refractivity contribution >= 4 is 16.7 Å². The average molecular weight is 424 g/mol. The van der Waals surface area contributed by atoms with Crippen LogP contribution in [0.15, 0.2) is 28.9 Å². The van der Waals surface area contributed by atoms with Crippen molar-refractivity contribution in [2.75, 3.05) is 11.9 Å². The van der Waals surface area contributed by atoms with Crippen molar-refractivity contribution in [2.24, 2.45) is 7.05 Å². The highest BCUT2D eigenvalue weighted by Gasteiger charge is 2.21. The SMILES string of the molecule is CCOc1ncccc1-c1cc(NCc2nn[n+](C)o2)c2c(n1)c(C)nn2C(C)CC. The number of nitrogens with zero attached hydrogens (tertiary/aromatic N) is 7. The van der Waals surface area contributed by atoms with Crippen LogP contribution in [0.1, 0.15) is 44.8 Å². The lowest BCUT2D eigenvalue weighted by molar-refractivity contribution is -0.893. The molecule has 0 aliphatic rings. The molecule has 4 aromatic rings. The first-order valence-electron chi connectivity index (χ1n) is 10.4. The Hall–Kier alpha value is -3.56. The number of hydrogen-bond acceptors (Lipinski definition) is 8. The number of fused-ring (bicyclic) bond motifs is 1. The molecule has 0 aromatic carbocycles. The van der Waals surface area contributed by atoms with Crippen LogP contribution in [0.4, 0.5) is 5.69 Å². The molecular weight excluding hydrogens is 396 g/mol. The van der Waals surface area contributed by atoms with Gasteiger partial charge in [0.05, 0.1) is 29.2 Å². The Kier molecular flexibility index (Phi) is 5.79. The van der Waals surface area contributed by atoms with E-state index in [0.29, 0.717) is 24.9 Å². The molecule has 162 valence electrons. The Balaban J connectivity index is 1.87. The molecule has 0 spiro atoms. The van der Waals surface area contributed by atoms with E-state index < -0.39 is 0 Å². The van der Waals surface area contributed by atoms with E-state index >= 15 is 0 Å². The van der Waals surface area contributed by atoms with Gasteiger partial charge in [-0.2, -0.15) is 5.10 Å². The second kappa shape index (κ2) is 8.66. The topological polar surface area (TPSA) is 108 Å². The normalized spacial score (nSPS) is 12.3. The molecule has 10 nitrogen and oxygen atoms in total. The molecule has 0 saturated carbocycles. The van der Waals surface area contributed by atoms with Crippen molar-refractivity contribution in [3.8, 4) is 17.1 Å². The van der Waals surface area contributed by atoms with Crippen LogP contribution in [-0.2, 0) is 13.6 Å². The summed E-state index contributed by atoms with van der Waals surface area (Å²) in [6.45, 7) is 9.11. The van der Waals surface area contributed by atoms with Crippen LogP contribution in [0, 0.1) is 6.92 Å². The molecule has 0 fully saturated rings. The fraction of sp³-hybridized carbons (Fsp3) is 0.429. The largest absolute Gasteiger partial charge is 0.477 e. The molecule has 1 N–H and O–H groups in total. The van der Waals surface area contributed by atoms with Gasteiger partial charge in [-0.1, -0.05) is 6.92 Å². The quantitative estimate of drug-likeness (QED) is 0.431. The molecule has 4 heterocycles. The molecule has 0 amide bonds. The summed E-state index contributed by atoms with van der Waals surface area (Å²) in [5.41, 5.74) is 5.12. The number of hydrogen-bond donors (Lipinski definition) is 1. The molecule has 0 radical (unpaired) electrons. The van der Waals surface area contributed by atoms with Gasteiger partial charge >= 0.3 is 5.89 Å². The number of anilines is 1. The van der Waals surface area contributed by atoms with Crippen LogP contribution in [0.2, 0.25) is 0 Å². The summed E-state index contributed by atoms with van der Waals surface area (Å²) in [5, 5.41) is 16.1. The minimum absolute atomic E-state index is 0.225. The Morgan fingerprint density at radius 2 is 2.16 bits per heavy atom. The zero-order valence-corrected chi connectivity index (χ0v) is 18.5. The number of aryl methyl sites for hydroxylation is 2.